The summed E-state index contributed by atoms with van der Waals surface area (Å²) in [4.78, 5) is 0.267. The molecule has 2 rings (SSSR count). The van der Waals surface area contributed by atoms with Crippen molar-refractivity contribution in [3.63, 3.8) is 0 Å². The topological polar surface area (TPSA) is 58.2 Å². The van der Waals surface area contributed by atoms with Gasteiger partial charge >= 0.3 is 0 Å². The van der Waals surface area contributed by atoms with Gasteiger partial charge in [-0.25, -0.2) is 8.42 Å². The van der Waals surface area contributed by atoms with Crippen LogP contribution in [0.3, 0.4) is 0 Å². The van der Waals surface area contributed by atoms with Gasteiger partial charge in [-0.3, -0.25) is 4.72 Å². The second kappa shape index (κ2) is 7.26. The minimum atomic E-state index is -3.58. The van der Waals surface area contributed by atoms with Crippen LogP contribution in [-0.2, 0) is 15.4 Å². The molecule has 0 saturated heterocycles. The molecule has 2 aromatic carbocycles. The Balaban J connectivity index is 2.13. The lowest BCUT2D eigenvalue weighted by atomic mass is 9.87. The zero-order valence-corrected chi connectivity index (χ0v) is 15.6. The standard InChI is InChI=1S/C19H26N2O2S/c1-5-14-20-16-8-10-17(11-9-16)21-24(22,23)18-12-6-15(7-13-18)19(2,3)4/h6-13,20-21H,5,14H2,1-4H3. The SMILES string of the molecule is CCCNc1ccc(NS(=O)(=O)c2ccc(C(C)(C)C)cc2)cc1. The number of hydrogen-bond donors (Lipinski definition) is 2. The molecular formula is C19H26N2O2S. The molecule has 130 valence electrons. The Morgan fingerprint density at radius 3 is 1.92 bits per heavy atom. The summed E-state index contributed by atoms with van der Waals surface area (Å²) in [5.74, 6) is 0. The van der Waals surface area contributed by atoms with Crippen LogP contribution in [0.15, 0.2) is 53.4 Å². The van der Waals surface area contributed by atoms with Crippen molar-refractivity contribution in [1.82, 2.24) is 0 Å². The van der Waals surface area contributed by atoms with Gasteiger partial charge in [0.1, 0.15) is 0 Å². The first kappa shape index (κ1) is 18.3. The molecule has 0 radical (unpaired) electrons. The van der Waals surface area contributed by atoms with E-state index in [0.717, 1.165) is 24.2 Å². The van der Waals surface area contributed by atoms with Gasteiger partial charge in [-0.1, -0.05) is 39.8 Å². The molecule has 0 aromatic heterocycles. The maximum Gasteiger partial charge on any atom is 0.261 e. The van der Waals surface area contributed by atoms with E-state index in [0.29, 0.717) is 5.69 Å². The van der Waals surface area contributed by atoms with Crippen molar-refractivity contribution in [2.24, 2.45) is 0 Å². The molecule has 0 amide bonds. The average Bonchev–Trinajstić information content (AvgIpc) is 2.53. The maximum atomic E-state index is 12.5. The Bertz CT molecular complexity index is 759. The molecule has 2 aromatic rings. The van der Waals surface area contributed by atoms with Crippen molar-refractivity contribution >= 4 is 21.4 Å². The molecule has 0 aliphatic rings. The summed E-state index contributed by atoms with van der Waals surface area (Å²) in [6, 6.07) is 14.3. The summed E-state index contributed by atoms with van der Waals surface area (Å²) in [6.45, 7) is 9.29. The number of rotatable bonds is 6. The Hall–Kier alpha value is -2.01. The Morgan fingerprint density at radius 2 is 1.42 bits per heavy atom. The number of hydrogen-bond acceptors (Lipinski definition) is 3. The lowest BCUT2D eigenvalue weighted by molar-refractivity contribution is 0.587. The van der Waals surface area contributed by atoms with Crippen LogP contribution in [0.4, 0.5) is 11.4 Å². The van der Waals surface area contributed by atoms with E-state index < -0.39 is 10.0 Å². The molecule has 0 aliphatic carbocycles. The molecule has 4 nitrogen and oxygen atoms in total. The third-order valence-corrected chi connectivity index (χ3v) is 5.14. The van der Waals surface area contributed by atoms with E-state index in [1.165, 1.54) is 0 Å². The van der Waals surface area contributed by atoms with E-state index in [1.807, 2.05) is 24.3 Å². The zero-order valence-electron chi connectivity index (χ0n) is 14.8. The first-order chi connectivity index (χ1) is 11.2. The monoisotopic (exact) mass is 346 g/mol. The third-order valence-electron chi connectivity index (χ3n) is 3.75. The van der Waals surface area contributed by atoms with Crippen LogP contribution in [0.1, 0.15) is 39.7 Å². The van der Waals surface area contributed by atoms with E-state index >= 15 is 0 Å². The summed E-state index contributed by atoms with van der Waals surface area (Å²) in [7, 11) is -3.58. The molecule has 24 heavy (non-hydrogen) atoms. The predicted octanol–water partition coefficient (Wildman–Crippen LogP) is 4.61. The van der Waals surface area contributed by atoms with Crippen LogP contribution < -0.4 is 10.0 Å². The van der Waals surface area contributed by atoms with Crippen LogP contribution in [0.2, 0.25) is 0 Å². The molecule has 2 N–H and O–H groups in total. The van der Waals surface area contributed by atoms with E-state index in [4.69, 9.17) is 0 Å². The zero-order chi connectivity index (χ0) is 17.8. The van der Waals surface area contributed by atoms with Crippen LogP contribution >= 0.6 is 0 Å². The minimum Gasteiger partial charge on any atom is -0.385 e. The van der Waals surface area contributed by atoms with E-state index in [-0.39, 0.29) is 10.3 Å². The highest BCUT2D eigenvalue weighted by Crippen LogP contribution is 2.24. The lowest BCUT2D eigenvalue weighted by Crippen LogP contribution is -2.15. The Kier molecular flexibility index (Phi) is 5.54. The van der Waals surface area contributed by atoms with Crippen molar-refractivity contribution in [3.05, 3.63) is 54.1 Å². The summed E-state index contributed by atoms with van der Waals surface area (Å²) in [5, 5.41) is 3.26. The highest BCUT2D eigenvalue weighted by Gasteiger charge is 2.17. The van der Waals surface area contributed by atoms with Gasteiger partial charge in [0.25, 0.3) is 10.0 Å². The van der Waals surface area contributed by atoms with Gasteiger partial charge in [-0.2, -0.15) is 0 Å². The Labute approximate surface area is 145 Å². The van der Waals surface area contributed by atoms with Crippen LogP contribution in [0.5, 0.6) is 0 Å². The number of sulfonamides is 1. The lowest BCUT2D eigenvalue weighted by Gasteiger charge is -2.19. The number of benzene rings is 2. The van der Waals surface area contributed by atoms with Crippen molar-refractivity contribution in [3.8, 4) is 0 Å². The van der Waals surface area contributed by atoms with Gasteiger partial charge in [-0.15, -0.1) is 0 Å². The number of nitrogens with one attached hydrogen (secondary N) is 2. The first-order valence-electron chi connectivity index (χ1n) is 8.19. The maximum absolute atomic E-state index is 12.5. The fourth-order valence-electron chi connectivity index (χ4n) is 2.27. The second-order valence-corrected chi connectivity index (χ2v) is 8.57. The summed E-state index contributed by atoms with van der Waals surface area (Å²) < 4.78 is 27.6. The Morgan fingerprint density at radius 1 is 0.875 bits per heavy atom. The van der Waals surface area contributed by atoms with E-state index in [1.54, 1.807) is 24.3 Å². The molecule has 0 spiro atoms. The van der Waals surface area contributed by atoms with Crippen molar-refractivity contribution in [1.29, 1.82) is 0 Å². The van der Waals surface area contributed by atoms with Gasteiger partial charge in [0.2, 0.25) is 0 Å². The van der Waals surface area contributed by atoms with Crippen molar-refractivity contribution in [2.45, 2.75) is 44.4 Å². The third kappa shape index (κ3) is 4.74. The molecule has 0 unspecified atom stereocenters. The summed E-state index contributed by atoms with van der Waals surface area (Å²) in [6.07, 6.45) is 1.04. The molecule has 0 atom stereocenters. The average molecular weight is 346 g/mol. The van der Waals surface area contributed by atoms with E-state index in [2.05, 4.69) is 37.7 Å². The minimum absolute atomic E-state index is 0.00294. The molecule has 0 bridgehead atoms. The van der Waals surface area contributed by atoms with Gasteiger partial charge in [-0.05, 0) is 53.8 Å². The normalized spacial score (nSPS) is 12.0. The van der Waals surface area contributed by atoms with Gasteiger partial charge in [0.15, 0.2) is 0 Å². The fraction of sp³-hybridized carbons (Fsp3) is 0.368. The quantitative estimate of drug-likeness (QED) is 0.803. The molecule has 0 saturated carbocycles. The van der Waals surface area contributed by atoms with E-state index in [9.17, 15) is 8.42 Å². The highest BCUT2D eigenvalue weighted by molar-refractivity contribution is 7.92. The van der Waals surface area contributed by atoms with Gasteiger partial charge < -0.3 is 5.32 Å². The van der Waals surface area contributed by atoms with Gasteiger partial charge in [0, 0.05) is 17.9 Å². The van der Waals surface area contributed by atoms with Gasteiger partial charge in [0.05, 0.1) is 4.90 Å². The van der Waals surface area contributed by atoms with Crippen molar-refractivity contribution < 1.29 is 8.42 Å². The molecular weight excluding hydrogens is 320 g/mol. The molecule has 5 heteroatoms. The fourth-order valence-corrected chi connectivity index (χ4v) is 3.33. The number of anilines is 2. The first-order valence-corrected chi connectivity index (χ1v) is 9.68. The summed E-state index contributed by atoms with van der Waals surface area (Å²) in [5.41, 5.74) is 2.64. The second-order valence-electron chi connectivity index (χ2n) is 6.88. The molecule has 0 heterocycles. The van der Waals surface area contributed by atoms with Crippen LogP contribution in [0.25, 0.3) is 0 Å². The smallest absolute Gasteiger partial charge is 0.261 e. The predicted molar refractivity (Wildman–Crippen MR) is 101 cm³/mol. The van der Waals surface area contributed by atoms with Crippen LogP contribution in [-0.4, -0.2) is 15.0 Å². The van der Waals surface area contributed by atoms with Crippen molar-refractivity contribution in [2.75, 3.05) is 16.6 Å². The molecule has 0 aliphatic heterocycles. The molecule has 0 fully saturated rings. The summed E-state index contributed by atoms with van der Waals surface area (Å²) >= 11 is 0. The largest absolute Gasteiger partial charge is 0.385 e. The highest BCUT2D eigenvalue weighted by atomic mass is 32.2. The van der Waals surface area contributed by atoms with Crippen LogP contribution in [0, 0.1) is 0 Å².